The standard InChI is InChI=1S/C26H34ClN3O3/c1-18(2)25(32)30-14-12-29(13-15-30)23-11-8-20(27)16-22(23)28-24(31)17-33-21-9-6-19(7-10-21)26(3,4)5/h6-11,16,18H,12-15,17H2,1-5H3,(H,28,31). The lowest BCUT2D eigenvalue weighted by Gasteiger charge is -2.37. The molecule has 1 fully saturated rings. The van der Waals surface area contributed by atoms with Crippen molar-refractivity contribution in [1.29, 1.82) is 0 Å². The summed E-state index contributed by atoms with van der Waals surface area (Å²) in [4.78, 5) is 29.0. The Hall–Kier alpha value is -2.73. The van der Waals surface area contributed by atoms with Gasteiger partial charge in [0.25, 0.3) is 5.91 Å². The molecule has 0 atom stereocenters. The molecule has 0 spiro atoms. The molecule has 2 amide bonds. The van der Waals surface area contributed by atoms with E-state index in [2.05, 4.69) is 31.0 Å². The zero-order valence-corrected chi connectivity index (χ0v) is 20.9. The van der Waals surface area contributed by atoms with E-state index in [4.69, 9.17) is 16.3 Å². The first-order valence-corrected chi connectivity index (χ1v) is 11.8. The minimum Gasteiger partial charge on any atom is -0.484 e. The molecular formula is C26H34ClN3O3. The van der Waals surface area contributed by atoms with Gasteiger partial charge in [-0.25, -0.2) is 0 Å². The van der Waals surface area contributed by atoms with Gasteiger partial charge in [0, 0.05) is 37.1 Å². The van der Waals surface area contributed by atoms with Gasteiger partial charge in [-0.1, -0.05) is 58.4 Å². The van der Waals surface area contributed by atoms with Crippen LogP contribution in [0.2, 0.25) is 5.02 Å². The first-order valence-electron chi connectivity index (χ1n) is 11.4. The van der Waals surface area contributed by atoms with Crippen molar-refractivity contribution in [3.63, 3.8) is 0 Å². The lowest BCUT2D eigenvalue weighted by Crippen LogP contribution is -2.50. The third-order valence-corrected chi connectivity index (χ3v) is 5.98. The number of hydrogen-bond acceptors (Lipinski definition) is 4. The first kappa shape index (κ1) is 24.9. The molecule has 0 unspecified atom stereocenters. The quantitative estimate of drug-likeness (QED) is 0.646. The summed E-state index contributed by atoms with van der Waals surface area (Å²) in [6.07, 6.45) is 0. The van der Waals surface area contributed by atoms with Crippen LogP contribution >= 0.6 is 11.6 Å². The number of amides is 2. The summed E-state index contributed by atoms with van der Waals surface area (Å²) in [7, 11) is 0. The Balaban J connectivity index is 1.61. The third kappa shape index (κ3) is 6.64. The van der Waals surface area contributed by atoms with Crippen LogP contribution < -0.4 is 15.0 Å². The van der Waals surface area contributed by atoms with Crippen molar-refractivity contribution < 1.29 is 14.3 Å². The van der Waals surface area contributed by atoms with Crippen LogP contribution in [0.4, 0.5) is 11.4 Å². The highest BCUT2D eigenvalue weighted by Crippen LogP contribution is 2.30. The zero-order chi connectivity index (χ0) is 24.2. The van der Waals surface area contributed by atoms with Gasteiger partial charge in [0.2, 0.25) is 5.91 Å². The lowest BCUT2D eigenvalue weighted by atomic mass is 9.87. The number of benzene rings is 2. The Morgan fingerprint density at radius 2 is 1.67 bits per heavy atom. The molecule has 7 heteroatoms. The number of anilines is 2. The van der Waals surface area contributed by atoms with Crippen molar-refractivity contribution in [3.8, 4) is 5.75 Å². The summed E-state index contributed by atoms with van der Waals surface area (Å²) in [6, 6.07) is 13.3. The Bertz CT molecular complexity index is 975. The average molecular weight is 472 g/mol. The zero-order valence-electron chi connectivity index (χ0n) is 20.2. The summed E-state index contributed by atoms with van der Waals surface area (Å²) < 4.78 is 5.68. The van der Waals surface area contributed by atoms with Gasteiger partial charge in [-0.15, -0.1) is 0 Å². The van der Waals surface area contributed by atoms with Gasteiger partial charge in [0.05, 0.1) is 11.4 Å². The smallest absolute Gasteiger partial charge is 0.262 e. The molecule has 6 nitrogen and oxygen atoms in total. The second-order valence-corrected chi connectivity index (χ2v) is 10.2. The molecule has 2 aromatic carbocycles. The number of rotatable bonds is 6. The Kier molecular flexibility index (Phi) is 7.90. The van der Waals surface area contributed by atoms with Crippen LogP contribution in [-0.4, -0.2) is 49.5 Å². The second kappa shape index (κ2) is 10.5. The normalized spacial score (nSPS) is 14.4. The van der Waals surface area contributed by atoms with Gasteiger partial charge in [0.15, 0.2) is 6.61 Å². The molecule has 1 saturated heterocycles. The van der Waals surface area contributed by atoms with E-state index >= 15 is 0 Å². The highest BCUT2D eigenvalue weighted by Gasteiger charge is 2.24. The number of halogens is 1. The number of carbonyl (C=O) groups is 2. The van der Waals surface area contributed by atoms with E-state index < -0.39 is 0 Å². The average Bonchev–Trinajstić information content (AvgIpc) is 2.77. The van der Waals surface area contributed by atoms with E-state index in [-0.39, 0.29) is 29.8 Å². The molecule has 2 aromatic rings. The van der Waals surface area contributed by atoms with Gasteiger partial charge < -0.3 is 19.9 Å². The van der Waals surface area contributed by atoms with Crippen LogP contribution in [-0.2, 0) is 15.0 Å². The van der Waals surface area contributed by atoms with Crippen molar-refractivity contribution in [1.82, 2.24) is 4.90 Å². The molecule has 1 aliphatic rings. The molecule has 0 radical (unpaired) electrons. The van der Waals surface area contributed by atoms with E-state index in [0.29, 0.717) is 42.6 Å². The van der Waals surface area contributed by atoms with Crippen LogP contribution in [0.15, 0.2) is 42.5 Å². The van der Waals surface area contributed by atoms with E-state index in [1.54, 1.807) is 6.07 Å². The molecule has 3 rings (SSSR count). The highest BCUT2D eigenvalue weighted by atomic mass is 35.5. The maximum Gasteiger partial charge on any atom is 0.262 e. The fourth-order valence-corrected chi connectivity index (χ4v) is 3.98. The Morgan fingerprint density at radius 1 is 1.03 bits per heavy atom. The topological polar surface area (TPSA) is 61.9 Å². The molecule has 1 heterocycles. The monoisotopic (exact) mass is 471 g/mol. The molecule has 0 saturated carbocycles. The van der Waals surface area contributed by atoms with Crippen molar-refractivity contribution >= 4 is 34.8 Å². The van der Waals surface area contributed by atoms with Gasteiger partial charge >= 0.3 is 0 Å². The Morgan fingerprint density at radius 3 is 2.24 bits per heavy atom. The fourth-order valence-electron chi connectivity index (χ4n) is 3.80. The molecule has 0 bridgehead atoms. The summed E-state index contributed by atoms with van der Waals surface area (Å²) in [6.45, 7) is 12.9. The maximum atomic E-state index is 12.6. The maximum absolute atomic E-state index is 12.6. The first-order chi connectivity index (χ1) is 15.5. The van der Waals surface area contributed by atoms with Gasteiger partial charge in [0.1, 0.15) is 5.75 Å². The van der Waals surface area contributed by atoms with Crippen LogP contribution in [0.3, 0.4) is 0 Å². The van der Waals surface area contributed by atoms with Crippen LogP contribution in [0.1, 0.15) is 40.2 Å². The van der Waals surface area contributed by atoms with Gasteiger partial charge in [-0.3, -0.25) is 9.59 Å². The number of hydrogen-bond donors (Lipinski definition) is 1. The Labute approximate surface area is 201 Å². The number of piperazine rings is 1. The molecule has 178 valence electrons. The summed E-state index contributed by atoms with van der Waals surface area (Å²) >= 11 is 6.21. The minimum atomic E-state index is -0.257. The molecule has 1 N–H and O–H groups in total. The predicted octanol–water partition coefficient (Wildman–Crippen LogP) is 4.96. The lowest BCUT2D eigenvalue weighted by molar-refractivity contribution is -0.134. The molecule has 0 aliphatic carbocycles. The highest BCUT2D eigenvalue weighted by molar-refractivity contribution is 6.31. The molecule has 1 aliphatic heterocycles. The van der Waals surface area contributed by atoms with Gasteiger partial charge in [-0.2, -0.15) is 0 Å². The van der Waals surface area contributed by atoms with E-state index in [1.165, 1.54) is 5.56 Å². The molecule has 0 aromatic heterocycles. The molecule has 33 heavy (non-hydrogen) atoms. The summed E-state index contributed by atoms with van der Waals surface area (Å²) in [5, 5.41) is 3.48. The number of carbonyl (C=O) groups excluding carboxylic acids is 2. The van der Waals surface area contributed by atoms with E-state index in [0.717, 1.165) is 5.69 Å². The third-order valence-electron chi connectivity index (χ3n) is 5.75. The number of ether oxygens (including phenoxy) is 1. The van der Waals surface area contributed by atoms with Crippen molar-refractivity contribution in [2.75, 3.05) is 43.0 Å². The SMILES string of the molecule is CC(C)C(=O)N1CCN(c2ccc(Cl)cc2NC(=O)COc2ccc(C(C)(C)C)cc2)CC1. The van der Waals surface area contributed by atoms with Gasteiger partial charge in [-0.05, 0) is 41.3 Å². The van der Waals surface area contributed by atoms with E-state index in [1.807, 2.05) is 55.1 Å². The van der Waals surface area contributed by atoms with Crippen molar-refractivity contribution in [2.24, 2.45) is 5.92 Å². The predicted molar refractivity (Wildman–Crippen MR) is 134 cm³/mol. The van der Waals surface area contributed by atoms with Crippen molar-refractivity contribution in [2.45, 2.75) is 40.0 Å². The summed E-state index contributed by atoms with van der Waals surface area (Å²) in [5.41, 5.74) is 2.80. The number of nitrogens with zero attached hydrogens (tertiary/aromatic N) is 2. The van der Waals surface area contributed by atoms with Crippen LogP contribution in [0, 0.1) is 5.92 Å². The minimum absolute atomic E-state index is 0.00778. The van der Waals surface area contributed by atoms with E-state index in [9.17, 15) is 9.59 Å². The van der Waals surface area contributed by atoms with Crippen LogP contribution in [0.25, 0.3) is 0 Å². The van der Waals surface area contributed by atoms with Crippen LogP contribution in [0.5, 0.6) is 5.75 Å². The largest absolute Gasteiger partial charge is 0.484 e. The second-order valence-electron chi connectivity index (χ2n) is 9.74. The summed E-state index contributed by atoms with van der Waals surface area (Å²) in [5.74, 6) is 0.556. The molecular weight excluding hydrogens is 438 g/mol. The fraction of sp³-hybridized carbons (Fsp3) is 0.462. The number of nitrogens with one attached hydrogen (secondary N) is 1. The van der Waals surface area contributed by atoms with Crippen molar-refractivity contribution in [3.05, 3.63) is 53.1 Å².